The first-order chi connectivity index (χ1) is 10.4. The summed E-state index contributed by atoms with van der Waals surface area (Å²) in [6.07, 6.45) is -2.72. The summed E-state index contributed by atoms with van der Waals surface area (Å²) in [7, 11) is 0. The van der Waals surface area contributed by atoms with Crippen molar-refractivity contribution < 1.29 is 24.9 Å². The molecule has 0 radical (unpaired) electrons. The minimum atomic E-state index is -1.35. The molecular formula is C13H16N2O6S. The van der Waals surface area contributed by atoms with Crippen LogP contribution in [0.2, 0.25) is 0 Å². The van der Waals surface area contributed by atoms with Crippen molar-refractivity contribution in [2.24, 2.45) is 0 Å². The number of aliphatic hydroxyl groups is 2. The molecule has 1 aliphatic rings. The zero-order valence-corrected chi connectivity index (χ0v) is 12.4. The summed E-state index contributed by atoms with van der Waals surface area (Å²) < 4.78 is 6.23. The fourth-order valence-corrected chi connectivity index (χ4v) is 2.47. The molecule has 9 heteroatoms. The second kappa shape index (κ2) is 6.53. The van der Waals surface area contributed by atoms with Crippen LogP contribution in [0.15, 0.2) is 17.4 Å². The highest BCUT2D eigenvalue weighted by molar-refractivity contribution is 7.71. The van der Waals surface area contributed by atoms with Crippen LogP contribution in [-0.2, 0) is 22.5 Å². The van der Waals surface area contributed by atoms with Gasteiger partial charge in [-0.1, -0.05) is 6.08 Å². The molecule has 0 aliphatic carbocycles. The number of ether oxygens (including phenoxy) is 1. The number of hydrogen-bond acceptors (Lipinski definition) is 7. The Bertz CT molecular complexity index is 709. The van der Waals surface area contributed by atoms with Crippen LogP contribution in [0.5, 0.6) is 5.88 Å². The predicted octanol–water partition coefficient (Wildman–Crippen LogP) is -0.970. The van der Waals surface area contributed by atoms with Crippen LogP contribution in [0.1, 0.15) is 5.56 Å². The summed E-state index contributed by atoms with van der Waals surface area (Å²) in [5.74, 6) is -1.05. The summed E-state index contributed by atoms with van der Waals surface area (Å²) in [5.41, 5.74) is -0.873. The largest absolute Gasteiger partial charge is 0.494 e. The Morgan fingerprint density at radius 3 is 2.77 bits per heavy atom. The number of Topliss-reactive ketones (excluding diaryl/α,β-unsaturated/α-hetero) is 1. The molecular weight excluding hydrogens is 312 g/mol. The zero-order valence-electron chi connectivity index (χ0n) is 11.6. The topological polar surface area (TPSA) is 125 Å². The van der Waals surface area contributed by atoms with E-state index in [9.17, 15) is 24.9 Å². The Morgan fingerprint density at radius 1 is 1.55 bits per heavy atom. The van der Waals surface area contributed by atoms with Crippen molar-refractivity contribution in [3.63, 3.8) is 0 Å². The molecule has 0 aromatic carbocycles. The van der Waals surface area contributed by atoms with Gasteiger partial charge in [0.1, 0.15) is 18.3 Å². The maximum Gasteiger partial charge on any atom is 0.259 e. The van der Waals surface area contributed by atoms with E-state index in [1.165, 1.54) is 10.6 Å². The van der Waals surface area contributed by atoms with Gasteiger partial charge in [-0.3, -0.25) is 19.1 Å². The fourth-order valence-electron chi connectivity index (χ4n) is 2.22. The van der Waals surface area contributed by atoms with Crippen molar-refractivity contribution in [1.82, 2.24) is 9.55 Å². The Morgan fingerprint density at radius 2 is 2.23 bits per heavy atom. The Kier molecular flexibility index (Phi) is 4.91. The van der Waals surface area contributed by atoms with E-state index < -0.39 is 42.0 Å². The lowest BCUT2D eigenvalue weighted by Gasteiger charge is -2.15. The molecule has 3 atom stereocenters. The fraction of sp³-hybridized carbons (Fsp3) is 0.462. The number of carbonyl (C=O) groups excluding carboxylic acids is 1. The standard InChI is InChI=1S/C13H16N2O6S/c1-2-3-15-12(20)6(11(19)14-13(15)22)4-7(16)10-9(18)8(17)5-21-10/h2,8-10,17-18,20H,1,3-5H2,(H,14,19,22)/t8-,9+,10-/m1/s1. The third kappa shape index (κ3) is 3.02. The molecule has 0 amide bonds. The maximum absolute atomic E-state index is 12.1. The number of nitrogens with one attached hydrogen (secondary N) is 1. The molecule has 0 unspecified atom stereocenters. The van der Waals surface area contributed by atoms with Crippen molar-refractivity contribution in [2.45, 2.75) is 31.3 Å². The molecule has 1 aliphatic heterocycles. The molecule has 1 saturated heterocycles. The molecule has 4 N–H and O–H groups in total. The number of aromatic nitrogens is 2. The Hall–Kier alpha value is -1.81. The summed E-state index contributed by atoms with van der Waals surface area (Å²) >= 11 is 4.92. The van der Waals surface area contributed by atoms with E-state index in [1.807, 2.05) is 0 Å². The van der Waals surface area contributed by atoms with E-state index in [0.717, 1.165) is 0 Å². The number of aromatic hydroxyl groups is 1. The quantitative estimate of drug-likeness (QED) is 0.405. The molecule has 0 saturated carbocycles. The van der Waals surface area contributed by atoms with Crippen molar-refractivity contribution >= 4 is 18.0 Å². The second-order valence-corrected chi connectivity index (χ2v) is 5.30. The van der Waals surface area contributed by atoms with E-state index in [1.54, 1.807) is 0 Å². The lowest BCUT2D eigenvalue weighted by atomic mass is 10.0. The third-order valence-electron chi connectivity index (χ3n) is 3.40. The van der Waals surface area contributed by atoms with E-state index in [-0.39, 0.29) is 23.5 Å². The first-order valence-electron chi connectivity index (χ1n) is 6.53. The lowest BCUT2D eigenvalue weighted by molar-refractivity contribution is -0.131. The monoisotopic (exact) mass is 328 g/mol. The molecule has 0 bridgehead atoms. The Balaban J connectivity index is 2.32. The van der Waals surface area contributed by atoms with Gasteiger partial charge in [0, 0.05) is 13.0 Å². The van der Waals surface area contributed by atoms with E-state index in [0.29, 0.717) is 0 Å². The zero-order chi connectivity index (χ0) is 16.4. The average molecular weight is 328 g/mol. The molecule has 1 fully saturated rings. The number of allylic oxidation sites excluding steroid dienone is 1. The van der Waals surface area contributed by atoms with E-state index in [4.69, 9.17) is 17.0 Å². The number of hydrogen-bond donors (Lipinski definition) is 4. The van der Waals surface area contributed by atoms with Gasteiger partial charge < -0.3 is 20.1 Å². The van der Waals surface area contributed by atoms with E-state index in [2.05, 4.69) is 11.6 Å². The van der Waals surface area contributed by atoms with E-state index >= 15 is 0 Å². The molecule has 120 valence electrons. The molecule has 0 spiro atoms. The van der Waals surface area contributed by atoms with Gasteiger partial charge in [-0.05, 0) is 12.2 Å². The lowest BCUT2D eigenvalue weighted by Crippen LogP contribution is -2.37. The molecule has 8 nitrogen and oxygen atoms in total. The van der Waals surface area contributed by atoms with Gasteiger partial charge in [-0.15, -0.1) is 6.58 Å². The summed E-state index contributed by atoms with van der Waals surface area (Å²) in [6, 6.07) is 0. The first kappa shape index (κ1) is 16.6. The van der Waals surface area contributed by atoms with Crippen molar-refractivity contribution in [2.75, 3.05) is 6.61 Å². The van der Waals surface area contributed by atoms with Gasteiger partial charge in [0.15, 0.2) is 10.6 Å². The number of ketones is 1. The van der Waals surface area contributed by atoms with Crippen LogP contribution in [-0.4, -0.2) is 55.6 Å². The molecule has 2 heterocycles. The van der Waals surface area contributed by atoms with Crippen molar-refractivity contribution in [3.8, 4) is 5.88 Å². The summed E-state index contributed by atoms with van der Waals surface area (Å²) in [6.45, 7) is 3.51. The third-order valence-corrected chi connectivity index (χ3v) is 3.72. The van der Waals surface area contributed by atoms with Crippen molar-refractivity contribution in [3.05, 3.63) is 33.3 Å². The molecule has 1 aromatic heterocycles. The number of nitrogens with zero attached hydrogens (tertiary/aromatic N) is 1. The van der Waals surface area contributed by atoms with Crippen LogP contribution in [0.25, 0.3) is 0 Å². The SMILES string of the molecule is C=CCn1c(O)c(CC(=O)[C@H]2OC[C@@H](O)[C@@H]2O)c(=O)[nH]c1=S. The minimum Gasteiger partial charge on any atom is -0.494 e. The van der Waals surface area contributed by atoms with Crippen LogP contribution >= 0.6 is 12.2 Å². The molecule has 1 aromatic rings. The normalized spacial score (nSPS) is 24.4. The number of carbonyl (C=O) groups is 1. The average Bonchev–Trinajstić information content (AvgIpc) is 2.79. The maximum atomic E-state index is 12.1. The summed E-state index contributed by atoms with van der Waals surface area (Å²) in [5, 5.41) is 29.1. The predicted molar refractivity (Wildman–Crippen MR) is 78.2 cm³/mol. The highest BCUT2D eigenvalue weighted by atomic mass is 32.1. The second-order valence-electron chi connectivity index (χ2n) is 4.92. The van der Waals surface area contributed by atoms with Crippen LogP contribution in [0.4, 0.5) is 0 Å². The number of aromatic amines is 1. The molecule has 2 rings (SSSR count). The highest BCUT2D eigenvalue weighted by Gasteiger charge is 2.39. The Labute approximate surface area is 130 Å². The number of rotatable bonds is 5. The van der Waals surface area contributed by atoms with Gasteiger partial charge in [-0.25, -0.2) is 0 Å². The van der Waals surface area contributed by atoms with Gasteiger partial charge >= 0.3 is 0 Å². The minimum absolute atomic E-state index is 0.00572. The summed E-state index contributed by atoms with van der Waals surface area (Å²) in [4.78, 5) is 26.4. The number of aliphatic hydroxyl groups excluding tert-OH is 2. The highest BCUT2D eigenvalue weighted by Crippen LogP contribution is 2.19. The van der Waals surface area contributed by atoms with Gasteiger partial charge in [0.25, 0.3) is 5.56 Å². The van der Waals surface area contributed by atoms with Crippen LogP contribution in [0, 0.1) is 4.77 Å². The van der Waals surface area contributed by atoms with Gasteiger partial charge in [0.05, 0.1) is 12.2 Å². The molecule has 22 heavy (non-hydrogen) atoms. The van der Waals surface area contributed by atoms with Crippen LogP contribution in [0.3, 0.4) is 0 Å². The van der Waals surface area contributed by atoms with Gasteiger partial charge in [0.2, 0.25) is 5.88 Å². The van der Waals surface area contributed by atoms with Crippen molar-refractivity contribution in [1.29, 1.82) is 0 Å². The van der Waals surface area contributed by atoms with Gasteiger partial charge in [-0.2, -0.15) is 0 Å². The number of H-pyrrole nitrogens is 1. The van der Waals surface area contributed by atoms with Crippen LogP contribution < -0.4 is 5.56 Å². The first-order valence-corrected chi connectivity index (χ1v) is 6.94. The smallest absolute Gasteiger partial charge is 0.259 e.